The molecule has 4 N–H and O–H groups in total. The number of amides is 2. The maximum absolute atomic E-state index is 12.2. The lowest BCUT2D eigenvalue weighted by atomic mass is 10.1. The van der Waals surface area contributed by atoms with Gasteiger partial charge in [0.25, 0.3) is 5.91 Å². The SMILES string of the molecule is NC(=O)c1ccccc1NC(=O)CSc1c(=O)o[nH][n+]1-c1ccccc1. The third kappa shape index (κ3) is 3.83. The van der Waals surface area contributed by atoms with Crippen LogP contribution in [-0.4, -0.2) is 22.8 Å². The summed E-state index contributed by atoms with van der Waals surface area (Å²) < 4.78 is 6.28. The van der Waals surface area contributed by atoms with Gasteiger partial charge in [0.2, 0.25) is 11.6 Å². The van der Waals surface area contributed by atoms with Crippen molar-refractivity contribution in [2.24, 2.45) is 5.73 Å². The van der Waals surface area contributed by atoms with Crippen molar-refractivity contribution in [3.8, 4) is 5.69 Å². The van der Waals surface area contributed by atoms with Crippen LogP contribution in [0.1, 0.15) is 10.4 Å². The molecule has 2 amide bonds. The molecule has 8 nitrogen and oxygen atoms in total. The van der Waals surface area contributed by atoms with Crippen LogP contribution < -0.4 is 21.4 Å². The maximum atomic E-state index is 12.2. The molecule has 132 valence electrons. The van der Waals surface area contributed by atoms with E-state index < -0.39 is 11.5 Å². The van der Waals surface area contributed by atoms with Crippen molar-refractivity contribution < 1.29 is 18.8 Å². The topological polar surface area (TPSA) is 122 Å². The standard InChI is InChI=1S/C17H14N4O4S/c18-15(23)12-8-4-5-9-13(12)19-14(22)10-26-16-17(24)25-20-21(16)11-6-2-1-3-7-11/h1-9H,10H2,(H3-,18,19,20,22,23,24)/p+1. The number of benzene rings is 2. The van der Waals surface area contributed by atoms with Crippen molar-refractivity contribution in [1.29, 1.82) is 0 Å². The van der Waals surface area contributed by atoms with Crippen LogP contribution >= 0.6 is 11.8 Å². The van der Waals surface area contributed by atoms with Gasteiger partial charge < -0.3 is 11.1 Å². The molecular formula is C17H15N4O4S+. The molecule has 0 saturated heterocycles. The zero-order valence-electron chi connectivity index (χ0n) is 13.5. The number of aromatic amines is 1. The first-order valence-corrected chi connectivity index (χ1v) is 8.55. The summed E-state index contributed by atoms with van der Waals surface area (Å²) in [6, 6.07) is 15.5. The maximum Gasteiger partial charge on any atom is 0.442 e. The largest absolute Gasteiger partial charge is 0.442 e. The number of nitrogens with one attached hydrogen (secondary N) is 2. The number of hydrogen-bond donors (Lipinski definition) is 3. The predicted octanol–water partition coefficient (Wildman–Crippen LogP) is 1.07. The summed E-state index contributed by atoms with van der Waals surface area (Å²) in [6.07, 6.45) is 0. The van der Waals surface area contributed by atoms with E-state index in [0.29, 0.717) is 11.4 Å². The lowest BCUT2D eigenvalue weighted by Gasteiger charge is -2.07. The van der Waals surface area contributed by atoms with E-state index in [2.05, 4.69) is 10.6 Å². The van der Waals surface area contributed by atoms with Crippen LogP contribution in [0.5, 0.6) is 0 Å². The van der Waals surface area contributed by atoms with Crippen molar-refractivity contribution >= 4 is 29.3 Å². The van der Waals surface area contributed by atoms with Crippen LogP contribution in [0.2, 0.25) is 0 Å². The number of nitrogens with two attached hydrogens (primary N) is 1. The van der Waals surface area contributed by atoms with Crippen molar-refractivity contribution in [3.63, 3.8) is 0 Å². The van der Waals surface area contributed by atoms with Crippen LogP contribution in [0.4, 0.5) is 5.69 Å². The fourth-order valence-electron chi connectivity index (χ4n) is 2.26. The van der Waals surface area contributed by atoms with Gasteiger partial charge in [0.15, 0.2) is 0 Å². The van der Waals surface area contributed by atoms with Gasteiger partial charge in [-0.1, -0.05) is 30.3 Å². The average molecular weight is 371 g/mol. The number of aromatic nitrogens is 2. The minimum atomic E-state index is -0.637. The summed E-state index contributed by atoms with van der Waals surface area (Å²) in [6.45, 7) is 0. The Balaban J connectivity index is 1.73. The van der Waals surface area contributed by atoms with Gasteiger partial charge in [-0.05, 0) is 33.8 Å². The van der Waals surface area contributed by atoms with E-state index in [1.165, 1.54) is 10.7 Å². The number of carbonyl (C=O) groups excluding carboxylic acids is 2. The minimum Gasteiger partial charge on any atom is -0.366 e. The lowest BCUT2D eigenvalue weighted by molar-refractivity contribution is -0.704. The molecule has 1 heterocycles. The third-order valence-corrected chi connectivity index (χ3v) is 4.46. The Morgan fingerprint density at radius 1 is 1.12 bits per heavy atom. The highest BCUT2D eigenvalue weighted by Gasteiger charge is 2.25. The van der Waals surface area contributed by atoms with Crippen LogP contribution in [0.3, 0.4) is 0 Å². The molecule has 0 aliphatic carbocycles. The van der Waals surface area contributed by atoms with Gasteiger partial charge in [0, 0.05) is 12.1 Å². The number of anilines is 1. The zero-order chi connectivity index (χ0) is 18.5. The number of primary amides is 1. The highest BCUT2D eigenvalue weighted by Crippen LogP contribution is 2.16. The van der Waals surface area contributed by atoms with E-state index in [0.717, 1.165) is 11.8 Å². The first kappa shape index (κ1) is 17.5. The summed E-state index contributed by atoms with van der Waals surface area (Å²) in [4.78, 5) is 35.5. The molecule has 0 fully saturated rings. The predicted molar refractivity (Wildman–Crippen MR) is 95.2 cm³/mol. The molecule has 3 rings (SSSR count). The average Bonchev–Trinajstić information content (AvgIpc) is 3.01. The molecule has 0 aliphatic rings. The lowest BCUT2D eigenvalue weighted by Crippen LogP contribution is -2.36. The summed E-state index contributed by atoms with van der Waals surface area (Å²) in [5.41, 5.74) is 5.94. The number of hydrogen-bond acceptors (Lipinski definition) is 5. The van der Waals surface area contributed by atoms with Gasteiger partial charge in [0.1, 0.15) is 0 Å². The first-order valence-electron chi connectivity index (χ1n) is 7.56. The summed E-state index contributed by atoms with van der Waals surface area (Å²) in [5, 5.41) is 5.35. The van der Waals surface area contributed by atoms with Gasteiger partial charge in [-0.25, -0.2) is 4.79 Å². The quantitative estimate of drug-likeness (QED) is 0.442. The monoisotopic (exact) mass is 371 g/mol. The Bertz CT molecular complexity index is 997. The van der Waals surface area contributed by atoms with Gasteiger partial charge >= 0.3 is 10.7 Å². The zero-order valence-corrected chi connectivity index (χ0v) is 14.3. The van der Waals surface area contributed by atoms with Crippen molar-refractivity contribution in [2.45, 2.75) is 5.03 Å². The molecule has 0 radical (unpaired) electrons. The molecule has 0 atom stereocenters. The normalized spacial score (nSPS) is 10.5. The van der Waals surface area contributed by atoms with Crippen molar-refractivity contribution in [3.05, 3.63) is 70.6 Å². The first-order chi connectivity index (χ1) is 12.6. The Labute approximate surface area is 152 Å². The Morgan fingerprint density at radius 2 is 1.81 bits per heavy atom. The number of thioether (sulfide) groups is 1. The second-order valence-corrected chi connectivity index (χ2v) is 6.17. The number of para-hydroxylation sites is 2. The smallest absolute Gasteiger partial charge is 0.366 e. The van der Waals surface area contributed by atoms with E-state index in [9.17, 15) is 14.4 Å². The summed E-state index contributed by atoms with van der Waals surface area (Å²) in [5.74, 6) is -1.08. The Kier molecular flexibility index (Phi) is 5.18. The number of H-pyrrole nitrogens is 1. The van der Waals surface area contributed by atoms with E-state index in [4.69, 9.17) is 10.3 Å². The van der Waals surface area contributed by atoms with E-state index >= 15 is 0 Å². The second kappa shape index (κ2) is 7.70. The van der Waals surface area contributed by atoms with Gasteiger partial charge in [0.05, 0.1) is 17.0 Å². The van der Waals surface area contributed by atoms with Crippen LogP contribution in [-0.2, 0) is 4.79 Å². The molecule has 26 heavy (non-hydrogen) atoms. The molecule has 1 aromatic heterocycles. The van der Waals surface area contributed by atoms with Crippen LogP contribution in [0.25, 0.3) is 5.69 Å². The van der Waals surface area contributed by atoms with Gasteiger partial charge in [-0.15, -0.1) is 0 Å². The molecule has 0 aliphatic heterocycles. The summed E-state index contributed by atoms with van der Waals surface area (Å²) in [7, 11) is 0. The number of carbonyl (C=O) groups is 2. The fourth-order valence-corrected chi connectivity index (χ4v) is 3.03. The second-order valence-electron chi connectivity index (χ2n) is 5.20. The molecule has 0 unspecified atom stereocenters. The molecule has 2 aromatic carbocycles. The van der Waals surface area contributed by atoms with E-state index in [1.54, 1.807) is 30.3 Å². The highest BCUT2D eigenvalue weighted by atomic mass is 32.2. The molecule has 0 spiro atoms. The van der Waals surface area contributed by atoms with Crippen molar-refractivity contribution in [2.75, 3.05) is 11.1 Å². The summed E-state index contributed by atoms with van der Waals surface area (Å²) >= 11 is 1.01. The molecular weight excluding hydrogens is 356 g/mol. The molecule has 0 saturated carbocycles. The number of nitrogens with zero attached hydrogens (tertiary/aromatic N) is 1. The Morgan fingerprint density at radius 3 is 2.54 bits per heavy atom. The molecule has 9 heteroatoms. The molecule has 0 bridgehead atoms. The van der Waals surface area contributed by atoms with Crippen molar-refractivity contribution in [1.82, 2.24) is 5.27 Å². The fraction of sp³-hybridized carbons (Fsp3) is 0.0588. The third-order valence-electron chi connectivity index (χ3n) is 3.43. The van der Waals surface area contributed by atoms with Gasteiger partial charge in [-0.2, -0.15) is 0 Å². The Hall–Kier alpha value is -3.33. The van der Waals surface area contributed by atoms with Crippen LogP contribution in [0.15, 0.2) is 68.9 Å². The van der Waals surface area contributed by atoms with E-state index in [1.807, 2.05) is 18.2 Å². The minimum absolute atomic E-state index is 0.0530. The van der Waals surface area contributed by atoms with Crippen LogP contribution in [0, 0.1) is 0 Å². The highest BCUT2D eigenvalue weighted by molar-refractivity contribution is 7.99. The number of rotatable bonds is 6. The molecule has 3 aromatic rings. The van der Waals surface area contributed by atoms with E-state index in [-0.39, 0.29) is 22.2 Å². The van der Waals surface area contributed by atoms with Gasteiger partial charge in [-0.3, -0.25) is 14.1 Å².